The van der Waals surface area contributed by atoms with Crippen LogP contribution in [0.1, 0.15) is 47.4 Å². The topological polar surface area (TPSA) is 54.4 Å². The number of hydrogen-bond donors (Lipinski definition) is 1. The number of nitrogens with zero attached hydrogens (tertiary/aromatic N) is 2. The van der Waals surface area contributed by atoms with Crippen LogP contribution in [0.25, 0.3) is 10.9 Å². The summed E-state index contributed by atoms with van der Waals surface area (Å²) >= 11 is 0. The molecule has 0 saturated carbocycles. The van der Waals surface area contributed by atoms with Gasteiger partial charge in [-0.1, -0.05) is 17.7 Å². The standard InChI is InChI=1S/C27H27F2N3O/c1-15-5-10-25-22(11-15)23(12-16(2)31-25)27(33)32-26-17(3)20(14-30-18(26)4)7-6-19-8-9-21(28)13-24(19)29/h5,8-13,20H,6-7,14H2,1-4H3,(H,32,33). The number of carbonyl (C=O) groups excluding carboxylic acids is 1. The first-order chi connectivity index (χ1) is 15.7. The van der Waals surface area contributed by atoms with Crippen molar-refractivity contribution in [2.75, 3.05) is 6.54 Å². The Labute approximate surface area is 192 Å². The van der Waals surface area contributed by atoms with Gasteiger partial charge in [-0.05, 0) is 75.9 Å². The second-order valence-corrected chi connectivity index (χ2v) is 8.74. The smallest absolute Gasteiger partial charge is 0.256 e. The molecule has 33 heavy (non-hydrogen) atoms. The van der Waals surface area contributed by atoms with Crippen molar-refractivity contribution in [1.82, 2.24) is 10.3 Å². The number of fused-ring (bicyclic) bond motifs is 1. The van der Waals surface area contributed by atoms with Crippen LogP contribution in [0.3, 0.4) is 0 Å². The molecule has 3 aromatic rings. The van der Waals surface area contributed by atoms with Gasteiger partial charge < -0.3 is 5.32 Å². The molecule has 6 heteroatoms. The van der Waals surface area contributed by atoms with Gasteiger partial charge in [-0.15, -0.1) is 0 Å². The summed E-state index contributed by atoms with van der Waals surface area (Å²) in [5, 5.41) is 3.89. The zero-order chi connectivity index (χ0) is 23.7. The number of aromatic nitrogens is 1. The van der Waals surface area contributed by atoms with Gasteiger partial charge in [0.2, 0.25) is 0 Å². The molecule has 1 unspecified atom stereocenters. The lowest BCUT2D eigenvalue weighted by Crippen LogP contribution is -2.32. The second-order valence-electron chi connectivity index (χ2n) is 8.74. The molecule has 2 heterocycles. The Hall–Kier alpha value is -3.41. The first-order valence-corrected chi connectivity index (χ1v) is 11.1. The summed E-state index contributed by atoms with van der Waals surface area (Å²) in [5.41, 5.74) is 6.17. The van der Waals surface area contributed by atoms with Crippen LogP contribution in [0.5, 0.6) is 0 Å². The number of allylic oxidation sites excluding steroid dienone is 1. The first kappa shape index (κ1) is 22.8. The maximum absolute atomic E-state index is 14.0. The van der Waals surface area contributed by atoms with E-state index < -0.39 is 11.6 Å². The van der Waals surface area contributed by atoms with Gasteiger partial charge in [-0.3, -0.25) is 14.8 Å². The number of aliphatic imine (C=N–C) groups is 1. The number of nitrogens with one attached hydrogen (secondary N) is 1. The molecule has 1 atom stereocenters. The fourth-order valence-corrected chi connectivity index (χ4v) is 4.34. The van der Waals surface area contributed by atoms with Crippen LogP contribution in [-0.4, -0.2) is 23.1 Å². The molecule has 1 aromatic heterocycles. The normalized spacial score (nSPS) is 16.2. The van der Waals surface area contributed by atoms with E-state index >= 15 is 0 Å². The zero-order valence-electron chi connectivity index (χ0n) is 19.3. The first-order valence-electron chi connectivity index (χ1n) is 11.1. The highest BCUT2D eigenvalue weighted by Crippen LogP contribution is 2.27. The van der Waals surface area contributed by atoms with E-state index in [1.165, 1.54) is 12.1 Å². The van der Waals surface area contributed by atoms with Gasteiger partial charge in [-0.25, -0.2) is 8.78 Å². The van der Waals surface area contributed by atoms with Crippen molar-refractivity contribution >= 4 is 22.5 Å². The third-order valence-corrected chi connectivity index (χ3v) is 6.27. The molecule has 1 N–H and O–H groups in total. The highest BCUT2D eigenvalue weighted by atomic mass is 19.1. The minimum absolute atomic E-state index is 0.0617. The lowest BCUT2D eigenvalue weighted by molar-refractivity contribution is 0.0968. The number of rotatable bonds is 5. The number of halogens is 2. The number of pyridine rings is 1. The van der Waals surface area contributed by atoms with Crippen molar-refractivity contribution in [2.45, 2.75) is 40.5 Å². The molecule has 1 amide bonds. The van der Waals surface area contributed by atoms with E-state index in [0.717, 1.165) is 39.5 Å². The molecule has 0 bridgehead atoms. The molecule has 2 aromatic carbocycles. The van der Waals surface area contributed by atoms with Crippen molar-refractivity contribution < 1.29 is 13.6 Å². The highest BCUT2D eigenvalue weighted by Gasteiger charge is 2.24. The number of carbonyl (C=O) groups is 1. The van der Waals surface area contributed by atoms with Gasteiger partial charge in [0.15, 0.2) is 0 Å². The molecule has 1 aliphatic rings. The van der Waals surface area contributed by atoms with E-state index in [0.29, 0.717) is 36.2 Å². The minimum atomic E-state index is -0.579. The van der Waals surface area contributed by atoms with Crippen LogP contribution >= 0.6 is 0 Å². The molecular formula is C27H27F2N3O. The molecule has 4 nitrogen and oxygen atoms in total. The number of amides is 1. The van der Waals surface area contributed by atoms with Gasteiger partial charge in [-0.2, -0.15) is 0 Å². The Bertz CT molecular complexity index is 1310. The summed E-state index contributed by atoms with van der Waals surface area (Å²) in [5.74, 6) is -1.25. The highest BCUT2D eigenvalue weighted by molar-refractivity contribution is 6.11. The third kappa shape index (κ3) is 4.85. The Morgan fingerprint density at radius 2 is 1.85 bits per heavy atom. The molecule has 0 radical (unpaired) electrons. The van der Waals surface area contributed by atoms with Crippen molar-refractivity contribution in [3.8, 4) is 0 Å². The van der Waals surface area contributed by atoms with Crippen LogP contribution in [0, 0.1) is 31.4 Å². The van der Waals surface area contributed by atoms with Crippen LogP contribution in [0.15, 0.2) is 58.7 Å². The fourth-order valence-electron chi connectivity index (χ4n) is 4.34. The molecule has 170 valence electrons. The van der Waals surface area contributed by atoms with Crippen LogP contribution in [0.2, 0.25) is 0 Å². The average molecular weight is 448 g/mol. The van der Waals surface area contributed by atoms with E-state index in [9.17, 15) is 13.6 Å². The minimum Gasteiger partial charge on any atom is -0.320 e. The Morgan fingerprint density at radius 1 is 1.06 bits per heavy atom. The number of hydrogen-bond acceptors (Lipinski definition) is 3. The number of dihydropyridines is 1. The molecule has 4 rings (SSSR count). The molecular weight excluding hydrogens is 420 g/mol. The quantitative estimate of drug-likeness (QED) is 0.533. The second kappa shape index (κ2) is 9.22. The molecule has 0 spiro atoms. The summed E-state index contributed by atoms with van der Waals surface area (Å²) in [6, 6.07) is 11.4. The molecule has 0 fully saturated rings. The fraction of sp³-hybridized carbons (Fsp3) is 0.296. The summed E-state index contributed by atoms with van der Waals surface area (Å²) < 4.78 is 27.2. The predicted molar refractivity (Wildman–Crippen MR) is 128 cm³/mol. The molecule has 0 saturated heterocycles. The van der Waals surface area contributed by atoms with Crippen LogP contribution < -0.4 is 5.32 Å². The predicted octanol–water partition coefficient (Wildman–Crippen LogP) is 5.86. The van der Waals surface area contributed by atoms with Crippen molar-refractivity contribution in [3.05, 3.63) is 87.8 Å². The third-order valence-electron chi connectivity index (χ3n) is 6.27. The maximum Gasteiger partial charge on any atom is 0.256 e. The Morgan fingerprint density at radius 3 is 2.61 bits per heavy atom. The lowest BCUT2D eigenvalue weighted by atomic mass is 9.88. The number of aryl methyl sites for hydroxylation is 3. The Kier molecular flexibility index (Phi) is 6.36. The van der Waals surface area contributed by atoms with Gasteiger partial charge in [0, 0.05) is 29.6 Å². The van der Waals surface area contributed by atoms with E-state index in [1.807, 2.05) is 45.9 Å². The van der Waals surface area contributed by atoms with Gasteiger partial charge >= 0.3 is 0 Å². The van der Waals surface area contributed by atoms with E-state index in [4.69, 9.17) is 0 Å². The molecule has 0 aliphatic carbocycles. The number of benzene rings is 2. The van der Waals surface area contributed by atoms with Crippen molar-refractivity contribution in [3.63, 3.8) is 0 Å². The van der Waals surface area contributed by atoms with E-state index in [-0.39, 0.29) is 11.8 Å². The average Bonchev–Trinajstić information content (AvgIpc) is 2.76. The SMILES string of the molecule is CC1=NCC(CCc2ccc(F)cc2F)C(C)=C1NC(=O)c1cc(C)nc2ccc(C)cc12. The summed E-state index contributed by atoms with van der Waals surface area (Å²) in [4.78, 5) is 22.5. The van der Waals surface area contributed by atoms with Gasteiger partial charge in [0.05, 0.1) is 22.5 Å². The van der Waals surface area contributed by atoms with Crippen LogP contribution in [-0.2, 0) is 6.42 Å². The van der Waals surface area contributed by atoms with Crippen molar-refractivity contribution in [2.24, 2.45) is 10.9 Å². The van der Waals surface area contributed by atoms with E-state index in [1.54, 1.807) is 6.07 Å². The lowest BCUT2D eigenvalue weighted by Gasteiger charge is -2.25. The zero-order valence-corrected chi connectivity index (χ0v) is 19.3. The summed E-state index contributed by atoms with van der Waals surface area (Å²) in [6.45, 7) is 8.31. The van der Waals surface area contributed by atoms with Crippen molar-refractivity contribution in [1.29, 1.82) is 0 Å². The van der Waals surface area contributed by atoms with E-state index in [2.05, 4.69) is 15.3 Å². The summed E-state index contributed by atoms with van der Waals surface area (Å²) in [7, 11) is 0. The Balaban J connectivity index is 1.58. The molecule has 1 aliphatic heterocycles. The maximum atomic E-state index is 14.0. The van der Waals surface area contributed by atoms with Gasteiger partial charge in [0.1, 0.15) is 11.6 Å². The monoisotopic (exact) mass is 447 g/mol. The van der Waals surface area contributed by atoms with Gasteiger partial charge in [0.25, 0.3) is 5.91 Å². The summed E-state index contributed by atoms with van der Waals surface area (Å²) in [6.07, 6.45) is 1.12. The largest absolute Gasteiger partial charge is 0.320 e. The van der Waals surface area contributed by atoms with Crippen LogP contribution in [0.4, 0.5) is 8.78 Å².